The third-order valence-corrected chi connectivity index (χ3v) is 9.48. The van der Waals surface area contributed by atoms with Crippen molar-refractivity contribution in [3.8, 4) is 11.5 Å². The van der Waals surface area contributed by atoms with Crippen molar-refractivity contribution in [1.82, 2.24) is 4.90 Å². The second kappa shape index (κ2) is 5.73. The highest BCUT2D eigenvalue weighted by Gasteiger charge is 2.79. The Kier molecular flexibility index (Phi) is 3.38. The van der Waals surface area contributed by atoms with Gasteiger partial charge < -0.3 is 19.1 Å². The Labute approximate surface area is 183 Å². The van der Waals surface area contributed by atoms with Crippen LogP contribution in [0.5, 0.6) is 11.5 Å². The smallest absolute Gasteiger partial charge is 0.166 e. The highest BCUT2D eigenvalue weighted by atomic mass is 16.6. The zero-order chi connectivity index (χ0) is 21.0. The number of benzene rings is 2. The molecule has 4 bridgehead atoms. The fourth-order valence-corrected chi connectivity index (χ4v) is 8.27. The van der Waals surface area contributed by atoms with Gasteiger partial charge in [-0.1, -0.05) is 48.6 Å². The highest BCUT2D eigenvalue weighted by molar-refractivity contribution is 5.66. The lowest BCUT2D eigenvalue weighted by molar-refractivity contribution is -0.197. The van der Waals surface area contributed by atoms with E-state index in [9.17, 15) is 0 Å². The van der Waals surface area contributed by atoms with Crippen LogP contribution in [0, 0.1) is 5.41 Å². The van der Waals surface area contributed by atoms with E-state index in [2.05, 4.69) is 66.6 Å². The molecule has 0 aromatic heterocycles. The fourth-order valence-electron chi connectivity index (χ4n) is 8.27. The molecule has 2 aromatic carbocycles. The number of nitrogens with zero attached hydrogens (tertiary/aromatic N) is 1. The number of likely N-dealkylation sites (N-methyl/N-ethyl adjacent to an activating group) is 1. The second-order valence-electron chi connectivity index (χ2n) is 10.1. The maximum Gasteiger partial charge on any atom is 0.166 e. The molecule has 2 heterocycles. The van der Waals surface area contributed by atoms with Crippen molar-refractivity contribution in [2.75, 3.05) is 27.8 Å². The van der Waals surface area contributed by atoms with Gasteiger partial charge in [-0.05, 0) is 50.0 Å². The van der Waals surface area contributed by atoms with E-state index in [1.807, 2.05) is 7.11 Å². The molecule has 8 rings (SSSR count). The number of rotatable bonds is 3. The standard InChI is InChI=1S/C27H29NO3/c1-28-14-13-26-22-18-9-10-20(29-2)23(22)31-24(26)27(30-3)12-11-25(26,21(28)15-18)16-19(27)17-7-5-4-6-8-17/h4-12,19,21,24H,13-16H2,1-3H3. The van der Waals surface area contributed by atoms with E-state index in [1.165, 1.54) is 16.7 Å². The summed E-state index contributed by atoms with van der Waals surface area (Å²) in [7, 11) is 5.93. The summed E-state index contributed by atoms with van der Waals surface area (Å²) in [5, 5.41) is 0. The number of ether oxygens (including phenoxy) is 3. The SMILES string of the molecule is COc1ccc2c3c1OC1C4(OC)C=CC5(CC4c4ccccc4)C(C2)N(C)CCC315. The first-order chi connectivity index (χ1) is 15.1. The first-order valence-electron chi connectivity index (χ1n) is 11.5. The van der Waals surface area contributed by atoms with Crippen LogP contribution in [0.1, 0.15) is 35.4 Å². The Balaban J connectivity index is 1.55. The second-order valence-corrected chi connectivity index (χ2v) is 10.1. The molecule has 4 heteroatoms. The average molecular weight is 416 g/mol. The number of fused-ring (bicyclic) bond motifs is 1. The van der Waals surface area contributed by atoms with Crippen LogP contribution in [0.2, 0.25) is 0 Å². The van der Waals surface area contributed by atoms with Gasteiger partial charge in [-0.2, -0.15) is 0 Å². The van der Waals surface area contributed by atoms with Gasteiger partial charge >= 0.3 is 0 Å². The van der Waals surface area contributed by atoms with Crippen LogP contribution in [0.4, 0.5) is 0 Å². The third kappa shape index (κ3) is 1.80. The maximum atomic E-state index is 6.99. The number of hydrogen-bond acceptors (Lipinski definition) is 4. The summed E-state index contributed by atoms with van der Waals surface area (Å²) >= 11 is 0. The van der Waals surface area contributed by atoms with E-state index >= 15 is 0 Å². The van der Waals surface area contributed by atoms with E-state index in [4.69, 9.17) is 14.2 Å². The lowest BCUT2D eigenvalue weighted by Gasteiger charge is -2.71. The minimum atomic E-state index is -0.484. The summed E-state index contributed by atoms with van der Waals surface area (Å²) in [5.74, 6) is 2.09. The van der Waals surface area contributed by atoms with E-state index < -0.39 is 5.60 Å². The Morgan fingerprint density at radius 3 is 2.68 bits per heavy atom. The summed E-state index contributed by atoms with van der Waals surface area (Å²) in [4.78, 5) is 2.60. The molecule has 2 aromatic rings. The molecule has 2 aliphatic heterocycles. The number of hydrogen-bond donors (Lipinski definition) is 0. The molecular weight excluding hydrogens is 386 g/mol. The monoisotopic (exact) mass is 415 g/mol. The first kappa shape index (κ1) is 18.3. The van der Waals surface area contributed by atoms with Crippen LogP contribution in [-0.2, 0) is 16.6 Å². The quantitative estimate of drug-likeness (QED) is 0.707. The molecule has 6 atom stereocenters. The largest absolute Gasteiger partial charge is 0.493 e. The van der Waals surface area contributed by atoms with Gasteiger partial charge in [0.05, 0.1) is 12.5 Å². The summed E-state index contributed by atoms with van der Waals surface area (Å²) < 4.78 is 19.3. The van der Waals surface area contributed by atoms with E-state index in [0.29, 0.717) is 6.04 Å². The highest BCUT2D eigenvalue weighted by Crippen LogP contribution is 2.75. The van der Waals surface area contributed by atoms with E-state index in [1.54, 1.807) is 7.11 Å². The molecular formula is C27H29NO3. The molecule has 1 saturated heterocycles. The molecule has 6 unspecified atom stereocenters. The number of methoxy groups -OCH3 is 2. The zero-order valence-corrected chi connectivity index (χ0v) is 18.4. The van der Waals surface area contributed by atoms with Crippen molar-refractivity contribution in [3.63, 3.8) is 0 Å². The molecule has 31 heavy (non-hydrogen) atoms. The average Bonchev–Trinajstić information content (AvgIpc) is 3.19. The van der Waals surface area contributed by atoms with Crippen molar-refractivity contribution < 1.29 is 14.2 Å². The summed E-state index contributed by atoms with van der Waals surface area (Å²) in [5.41, 5.74) is 3.69. The summed E-state index contributed by atoms with van der Waals surface area (Å²) in [6.45, 7) is 1.09. The van der Waals surface area contributed by atoms with Gasteiger partial charge in [0.2, 0.25) is 0 Å². The van der Waals surface area contributed by atoms with Crippen LogP contribution in [-0.4, -0.2) is 50.5 Å². The molecule has 0 radical (unpaired) electrons. The Hall–Kier alpha value is -2.30. The topological polar surface area (TPSA) is 30.9 Å². The lowest BCUT2D eigenvalue weighted by atomic mass is 9.37. The third-order valence-electron chi connectivity index (χ3n) is 9.48. The van der Waals surface area contributed by atoms with Crippen molar-refractivity contribution >= 4 is 0 Å². The number of likely N-dealkylation sites (tertiary alicyclic amines) is 1. The molecule has 160 valence electrons. The molecule has 2 spiro atoms. The minimum absolute atomic E-state index is 0.0378. The van der Waals surface area contributed by atoms with Crippen molar-refractivity contribution in [2.24, 2.45) is 5.41 Å². The molecule has 4 nitrogen and oxygen atoms in total. The van der Waals surface area contributed by atoms with Crippen molar-refractivity contribution in [1.29, 1.82) is 0 Å². The van der Waals surface area contributed by atoms with Gasteiger partial charge in [-0.15, -0.1) is 0 Å². The van der Waals surface area contributed by atoms with Crippen LogP contribution >= 0.6 is 0 Å². The van der Waals surface area contributed by atoms with Crippen LogP contribution < -0.4 is 9.47 Å². The van der Waals surface area contributed by atoms with Crippen LogP contribution in [0.3, 0.4) is 0 Å². The van der Waals surface area contributed by atoms with Gasteiger partial charge in [-0.3, -0.25) is 0 Å². The van der Waals surface area contributed by atoms with Crippen molar-refractivity contribution in [3.05, 3.63) is 71.3 Å². The first-order valence-corrected chi connectivity index (χ1v) is 11.5. The van der Waals surface area contributed by atoms with Gasteiger partial charge in [0.1, 0.15) is 11.7 Å². The minimum Gasteiger partial charge on any atom is -0.493 e. The van der Waals surface area contributed by atoms with Gasteiger partial charge in [0.25, 0.3) is 0 Å². The van der Waals surface area contributed by atoms with Crippen molar-refractivity contribution in [2.45, 2.75) is 48.3 Å². The maximum absolute atomic E-state index is 6.99. The molecule has 6 aliphatic rings. The van der Waals surface area contributed by atoms with Gasteiger partial charge in [0, 0.05) is 30.0 Å². The van der Waals surface area contributed by atoms with Crippen LogP contribution in [0.15, 0.2) is 54.6 Å². The van der Waals surface area contributed by atoms with E-state index in [0.717, 1.165) is 37.3 Å². The molecule has 4 aliphatic carbocycles. The number of piperidine rings is 1. The molecule has 0 amide bonds. The predicted octanol–water partition coefficient (Wildman–Crippen LogP) is 4.08. The lowest BCUT2D eigenvalue weighted by Crippen LogP contribution is -2.78. The Morgan fingerprint density at radius 2 is 1.90 bits per heavy atom. The molecule has 0 N–H and O–H groups in total. The van der Waals surface area contributed by atoms with E-state index in [-0.39, 0.29) is 22.9 Å². The fraction of sp³-hybridized carbons (Fsp3) is 0.481. The molecule has 2 fully saturated rings. The summed E-state index contributed by atoms with van der Waals surface area (Å²) in [6.07, 6.45) is 8.10. The summed E-state index contributed by atoms with van der Waals surface area (Å²) in [6, 6.07) is 15.8. The molecule has 1 saturated carbocycles. The zero-order valence-electron chi connectivity index (χ0n) is 18.4. The Bertz CT molecular complexity index is 1110. The normalized spacial score (nSPS) is 41.1. The Morgan fingerprint density at radius 1 is 1.06 bits per heavy atom. The predicted molar refractivity (Wildman–Crippen MR) is 119 cm³/mol. The van der Waals surface area contributed by atoms with Crippen LogP contribution in [0.25, 0.3) is 0 Å². The van der Waals surface area contributed by atoms with Gasteiger partial charge in [-0.25, -0.2) is 0 Å². The van der Waals surface area contributed by atoms with Gasteiger partial charge in [0.15, 0.2) is 11.5 Å².